The lowest BCUT2D eigenvalue weighted by atomic mass is 9.96. The molecule has 0 bridgehead atoms. The molecule has 2 N–H and O–H groups in total. The third kappa shape index (κ3) is 3.63. The highest BCUT2D eigenvalue weighted by molar-refractivity contribution is 6.29. The third-order valence-corrected chi connectivity index (χ3v) is 2.34. The lowest BCUT2D eigenvalue weighted by Gasteiger charge is -2.22. The molecule has 4 nitrogen and oxygen atoms in total. The Balaban J connectivity index is 2.94. The van der Waals surface area contributed by atoms with Crippen LogP contribution in [0.5, 0.6) is 5.75 Å². The number of rotatable bonds is 4. The molecule has 5 heteroatoms. The van der Waals surface area contributed by atoms with Crippen LogP contribution in [0.25, 0.3) is 0 Å². The van der Waals surface area contributed by atoms with Crippen molar-refractivity contribution in [3.63, 3.8) is 0 Å². The number of pyridine rings is 1. The van der Waals surface area contributed by atoms with Gasteiger partial charge in [-0.2, -0.15) is 0 Å². The van der Waals surface area contributed by atoms with Gasteiger partial charge in [-0.05, 0) is 13.8 Å². The van der Waals surface area contributed by atoms with Crippen molar-refractivity contribution in [3.05, 3.63) is 23.0 Å². The minimum absolute atomic E-state index is 0.201. The summed E-state index contributed by atoms with van der Waals surface area (Å²) in [5.41, 5.74) is -0.432. The number of aliphatic hydroxyl groups is 2. The number of methoxy groups -OCH3 is 1. The largest absolute Gasteiger partial charge is 0.496 e. The van der Waals surface area contributed by atoms with Crippen LogP contribution in [0.1, 0.15) is 31.9 Å². The second-order valence-corrected chi connectivity index (χ2v) is 4.67. The Morgan fingerprint density at radius 3 is 2.69 bits per heavy atom. The number of aliphatic hydroxyl groups excluding tert-OH is 1. The maximum absolute atomic E-state index is 9.94. The van der Waals surface area contributed by atoms with Gasteiger partial charge in [-0.3, -0.25) is 0 Å². The van der Waals surface area contributed by atoms with Crippen LogP contribution in [0.3, 0.4) is 0 Å². The van der Waals surface area contributed by atoms with Crippen molar-refractivity contribution in [2.24, 2.45) is 0 Å². The molecule has 0 amide bonds. The summed E-state index contributed by atoms with van der Waals surface area (Å²) < 4.78 is 5.10. The highest BCUT2D eigenvalue weighted by Gasteiger charge is 2.22. The summed E-state index contributed by atoms with van der Waals surface area (Å²) in [6.07, 6.45) is 0.823. The van der Waals surface area contributed by atoms with Gasteiger partial charge in [-0.1, -0.05) is 11.6 Å². The van der Waals surface area contributed by atoms with Crippen LogP contribution in [0, 0.1) is 0 Å². The molecule has 0 aliphatic carbocycles. The predicted molar refractivity (Wildman–Crippen MR) is 61.7 cm³/mol. The van der Waals surface area contributed by atoms with Gasteiger partial charge >= 0.3 is 0 Å². The number of hydrogen-bond acceptors (Lipinski definition) is 4. The van der Waals surface area contributed by atoms with Crippen LogP contribution in [0.4, 0.5) is 0 Å². The number of nitrogens with zero attached hydrogens (tertiary/aromatic N) is 1. The number of halogens is 1. The van der Waals surface area contributed by atoms with Crippen molar-refractivity contribution in [2.75, 3.05) is 7.11 Å². The van der Waals surface area contributed by atoms with E-state index in [1.807, 2.05) is 0 Å². The van der Waals surface area contributed by atoms with Crippen molar-refractivity contribution >= 4 is 11.6 Å². The molecule has 0 aliphatic rings. The predicted octanol–water partition coefficient (Wildman–Crippen LogP) is 1.94. The Kier molecular flexibility index (Phi) is 4.13. The van der Waals surface area contributed by atoms with Crippen molar-refractivity contribution in [1.29, 1.82) is 0 Å². The maximum Gasteiger partial charge on any atom is 0.132 e. The Morgan fingerprint density at radius 1 is 1.56 bits per heavy atom. The zero-order chi connectivity index (χ0) is 12.3. The Morgan fingerprint density at radius 2 is 2.19 bits per heavy atom. The molecule has 0 fully saturated rings. The quantitative estimate of drug-likeness (QED) is 0.796. The fourth-order valence-electron chi connectivity index (χ4n) is 1.43. The molecule has 1 unspecified atom stereocenters. The molecule has 1 rings (SSSR count). The lowest BCUT2D eigenvalue weighted by Crippen LogP contribution is -2.22. The summed E-state index contributed by atoms with van der Waals surface area (Å²) in [4.78, 5) is 3.88. The molecular weight excluding hydrogens is 230 g/mol. The van der Waals surface area contributed by atoms with Crippen molar-refractivity contribution < 1.29 is 14.9 Å². The van der Waals surface area contributed by atoms with Gasteiger partial charge in [0.15, 0.2) is 0 Å². The summed E-state index contributed by atoms with van der Waals surface area (Å²) in [6, 6.07) is 1.53. The third-order valence-electron chi connectivity index (χ3n) is 2.13. The van der Waals surface area contributed by atoms with Gasteiger partial charge in [0, 0.05) is 24.2 Å². The van der Waals surface area contributed by atoms with E-state index in [9.17, 15) is 10.2 Å². The zero-order valence-corrected chi connectivity index (χ0v) is 10.3. The topological polar surface area (TPSA) is 62.6 Å². The first kappa shape index (κ1) is 13.2. The van der Waals surface area contributed by atoms with Crippen molar-refractivity contribution in [2.45, 2.75) is 32.0 Å². The molecule has 1 aromatic rings. The van der Waals surface area contributed by atoms with Gasteiger partial charge < -0.3 is 14.9 Å². The fraction of sp³-hybridized carbons (Fsp3) is 0.545. The van der Waals surface area contributed by atoms with E-state index in [0.29, 0.717) is 16.5 Å². The normalized spacial score (nSPS) is 13.6. The summed E-state index contributed by atoms with van der Waals surface area (Å²) >= 11 is 5.71. The van der Waals surface area contributed by atoms with Crippen LogP contribution < -0.4 is 4.74 Å². The van der Waals surface area contributed by atoms with Gasteiger partial charge in [0.05, 0.1) is 18.8 Å². The molecule has 0 saturated heterocycles. The van der Waals surface area contributed by atoms with Gasteiger partial charge in [-0.15, -0.1) is 0 Å². The molecule has 0 aliphatic heterocycles. The SMILES string of the molecule is COc1cc(Cl)ncc1C(O)CC(C)(C)O. The number of aromatic nitrogens is 1. The summed E-state index contributed by atoms with van der Waals surface area (Å²) in [5.74, 6) is 0.469. The molecule has 0 saturated carbocycles. The summed E-state index contributed by atoms with van der Waals surface area (Å²) in [6.45, 7) is 3.26. The van der Waals surface area contributed by atoms with E-state index < -0.39 is 11.7 Å². The molecule has 0 spiro atoms. The zero-order valence-electron chi connectivity index (χ0n) is 9.57. The highest BCUT2D eigenvalue weighted by atomic mass is 35.5. The van der Waals surface area contributed by atoms with E-state index in [1.165, 1.54) is 19.4 Å². The number of ether oxygens (including phenoxy) is 1. The lowest BCUT2D eigenvalue weighted by molar-refractivity contribution is 0.0171. The second kappa shape index (κ2) is 4.99. The van der Waals surface area contributed by atoms with Crippen LogP contribution in [0.15, 0.2) is 12.3 Å². The average molecular weight is 246 g/mol. The van der Waals surface area contributed by atoms with E-state index in [0.717, 1.165) is 0 Å². The van der Waals surface area contributed by atoms with E-state index in [-0.39, 0.29) is 6.42 Å². The van der Waals surface area contributed by atoms with Crippen LogP contribution in [-0.4, -0.2) is 27.9 Å². The highest BCUT2D eigenvalue weighted by Crippen LogP contribution is 2.31. The second-order valence-electron chi connectivity index (χ2n) is 4.28. The van der Waals surface area contributed by atoms with Gasteiger partial charge in [0.25, 0.3) is 0 Å². The Labute approximate surface area is 99.8 Å². The Bertz CT molecular complexity index is 363. The van der Waals surface area contributed by atoms with Gasteiger partial charge in [0.2, 0.25) is 0 Å². The molecule has 0 radical (unpaired) electrons. The molecule has 1 heterocycles. The fourth-order valence-corrected chi connectivity index (χ4v) is 1.58. The summed E-state index contributed by atoms with van der Waals surface area (Å²) in [5, 5.41) is 19.9. The smallest absolute Gasteiger partial charge is 0.132 e. The first-order valence-electron chi connectivity index (χ1n) is 4.93. The molecule has 1 aromatic heterocycles. The van der Waals surface area contributed by atoms with Crippen LogP contribution in [-0.2, 0) is 0 Å². The molecule has 90 valence electrons. The average Bonchev–Trinajstić information content (AvgIpc) is 2.14. The van der Waals surface area contributed by atoms with E-state index in [2.05, 4.69) is 4.98 Å². The van der Waals surface area contributed by atoms with Crippen molar-refractivity contribution in [1.82, 2.24) is 4.98 Å². The van der Waals surface area contributed by atoms with Crippen LogP contribution in [0.2, 0.25) is 5.15 Å². The Hall–Kier alpha value is -0.840. The molecule has 0 aromatic carbocycles. The van der Waals surface area contributed by atoms with Crippen LogP contribution >= 0.6 is 11.6 Å². The van der Waals surface area contributed by atoms with E-state index >= 15 is 0 Å². The molecular formula is C11H16ClNO3. The van der Waals surface area contributed by atoms with Crippen molar-refractivity contribution in [3.8, 4) is 5.75 Å². The minimum Gasteiger partial charge on any atom is -0.496 e. The molecule has 16 heavy (non-hydrogen) atoms. The standard InChI is InChI=1S/C11H16ClNO3/c1-11(2,15)5-8(14)7-6-13-10(12)4-9(7)16-3/h4,6,8,14-15H,5H2,1-3H3. The van der Waals surface area contributed by atoms with E-state index in [1.54, 1.807) is 13.8 Å². The first-order valence-corrected chi connectivity index (χ1v) is 5.31. The maximum atomic E-state index is 9.94. The summed E-state index contributed by atoms with van der Waals surface area (Å²) in [7, 11) is 1.49. The monoisotopic (exact) mass is 245 g/mol. The molecule has 1 atom stereocenters. The van der Waals surface area contributed by atoms with Gasteiger partial charge in [-0.25, -0.2) is 4.98 Å². The first-order chi connectivity index (χ1) is 7.33. The number of hydrogen-bond donors (Lipinski definition) is 2. The van der Waals surface area contributed by atoms with Gasteiger partial charge in [0.1, 0.15) is 10.9 Å². The van der Waals surface area contributed by atoms with E-state index in [4.69, 9.17) is 16.3 Å². The minimum atomic E-state index is -0.954.